The van der Waals surface area contributed by atoms with Crippen molar-refractivity contribution >= 4 is 29.0 Å². The highest BCUT2D eigenvalue weighted by atomic mass is 35.5. The molecule has 0 fully saturated rings. The van der Waals surface area contributed by atoms with Crippen LogP contribution in [0.4, 0.5) is 0 Å². The van der Waals surface area contributed by atoms with E-state index < -0.39 is 6.04 Å². The Bertz CT molecular complexity index is 589. The largest absolute Gasteiger partial charge is 0.318 e. The molecule has 100 valence electrons. The highest BCUT2D eigenvalue weighted by molar-refractivity contribution is 6.36. The smallest absolute Gasteiger partial charge is 0.158 e. The number of hydrogen-bond donors (Lipinski definition) is 1. The molecule has 0 aliphatic heterocycles. The fourth-order valence-corrected chi connectivity index (χ4v) is 2.30. The van der Waals surface area contributed by atoms with E-state index in [1.165, 1.54) is 0 Å². The molecular weight excluding hydrogens is 285 g/mol. The first-order valence-electron chi connectivity index (χ1n) is 5.68. The zero-order valence-electron chi connectivity index (χ0n) is 10.3. The summed E-state index contributed by atoms with van der Waals surface area (Å²) in [5.41, 5.74) is 7.19. The minimum Gasteiger partial charge on any atom is -0.318 e. The molecule has 4 nitrogen and oxygen atoms in total. The van der Waals surface area contributed by atoms with Crippen molar-refractivity contribution in [3.8, 4) is 0 Å². The molecule has 1 aromatic heterocycles. The van der Waals surface area contributed by atoms with Crippen molar-refractivity contribution in [2.75, 3.05) is 0 Å². The molecule has 19 heavy (non-hydrogen) atoms. The maximum atomic E-state index is 12.1. The van der Waals surface area contributed by atoms with Crippen LogP contribution in [-0.2, 0) is 18.3 Å². The first-order chi connectivity index (χ1) is 8.99. The summed E-state index contributed by atoms with van der Waals surface area (Å²) in [7, 11) is 1.77. The zero-order chi connectivity index (χ0) is 14.0. The van der Waals surface area contributed by atoms with Gasteiger partial charge in [-0.15, -0.1) is 0 Å². The van der Waals surface area contributed by atoms with Gasteiger partial charge in [-0.3, -0.25) is 9.48 Å². The second kappa shape index (κ2) is 5.74. The molecule has 0 bridgehead atoms. The lowest BCUT2D eigenvalue weighted by atomic mass is 10.0. The van der Waals surface area contributed by atoms with Crippen molar-refractivity contribution < 1.29 is 4.79 Å². The van der Waals surface area contributed by atoms with Crippen LogP contribution < -0.4 is 5.73 Å². The number of ketones is 1. The Balaban J connectivity index is 2.17. The van der Waals surface area contributed by atoms with Gasteiger partial charge in [0, 0.05) is 35.3 Å². The summed E-state index contributed by atoms with van der Waals surface area (Å²) in [6.45, 7) is 0. The molecule has 1 atom stereocenters. The number of carbonyl (C=O) groups is 1. The number of benzene rings is 1. The maximum Gasteiger partial charge on any atom is 0.158 e. The Hall–Kier alpha value is -1.36. The standard InChI is InChI=1S/C13H13Cl2N3O/c1-18-7-8(6-17-18)13(16)12(19)5-9-10(14)3-2-4-11(9)15/h2-4,6-7,13H,5,16H2,1H3. The number of nitrogens with two attached hydrogens (primary N) is 1. The second-order valence-corrected chi connectivity index (χ2v) is 5.08. The second-order valence-electron chi connectivity index (χ2n) is 4.27. The van der Waals surface area contributed by atoms with E-state index in [9.17, 15) is 4.79 Å². The number of hydrogen-bond acceptors (Lipinski definition) is 3. The molecular formula is C13H13Cl2N3O. The molecule has 2 N–H and O–H groups in total. The Kier molecular flexibility index (Phi) is 4.24. The van der Waals surface area contributed by atoms with Crippen LogP contribution in [0.15, 0.2) is 30.6 Å². The predicted octanol–water partition coefficient (Wildman–Crippen LogP) is 2.54. The van der Waals surface area contributed by atoms with Crippen LogP contribution in [0.3, 0.4) is 0 Å². The molecule has 0 saturated carbocycles. The van der Waals surface area contributed by atoms with Gasteiger partial charge >= 0.3 is 0 Å². The number of carbonyl (C=O) groups excluding carboxylic acids is 1. The Labute approximate surface area is 121 Å². The Morgan fingerprint density at radius 2 is 2.05 bits per heavy atom. The summed E-state index contributed by atoms with van der Waals surface area (Å²) in [5, 5.41) is 4.94. The van der Waals surface area contributed by atoms with Crippen LogP contribution in [0.2, 0.25) is 10.0 Å². The average Bonchev–Trinajstić information content (AvgIpc) is 2.79. The normalized spacial score (nSPS) is 12.4. The van der Waals surface area contributed by atoms with E-state index in [4.69, 9.17) is 28.9 Å². The number of rotatable bonds is 4. The van der Waals surface area contributed by atoms with E-state index in [0.717, 1.165) is 0 Å². The van der Waals surface area contributed by atoms with Crippen LogP contribution in [0.25, 0.3) is 0 Å². The number of aryl methyl sites for hydroxylation is 1. The highest BCUT2D eigenvalue weighted by Crippen LogP contribution is 2.26. The fourth-order valence-electron chi connectivity index (χ4n) is 1.77. The highest BCUT2D eigenvalue weighted by Gasteiger charge is 2.19. The van der Waals surface area contributed by atoms with E-state index in [-0.39, 0.29) is 12.2 Å². The summed E-state index contributed by atoms with van der Waals surface area (Å²) >= 11 is 12.1. The molecule has 0 amide bonds. The minimum atomic E-state index is -0.721. The van der Waals surface area contributed by atoms with Gasteiger partial charge < -0.3 is 5.73 Å². The fraction of sp³-hybridized carbons (Fsp3) is 0.231. The Morgan fingerprint density at radius 1 is 1.42 bits per heavy atom. The van der Waals surface area contributed by atoms with Crippen molar-refractivity contribution in [3.63, 3.8) is 0 Å². The maximum absolute atomic E-state index is 12.1. The van der Waals surface area contributed by atoms with Crippen molar-refractivity contribution in [1.29, 1.82) is 0 Å². The summed E-state index contributed by atoms with van der Waals surface area (Å²) < 4.78 is 1.60. The lowest BCUT2D eigenvalue weighted by Crippen LogP contribution is -2.23. The zero-order valence-corrected chi connectivity index (χ0v) is 11.8. The molecule has 1 aromatic carbocycles. The van der Waals surface area contributed by atoms with E-state index in [2.05, 4.69) is 5.10 Å². The average molecular weight is 298 g/mol. The number of aromatic nitrogens is 2. The van der Waals surface area contributed by atoms with Gasteiger partial charge in [0.05, 0.1) is 12.2 Å². The van der Waals surface area contributed by atoms with Crippen LogP contribution in [-0.4, -0.2) is 15.6 Å². The van der Waals surface area contributed by atoms with Gasteiger partial charge in [-0.05, 0) is 17.7 Å². The topological polar surface area (TPSA) is 60.9 Å². The van der Waals surface area contributed by atoms with Gasteiger partial charge in [-0.25, -0.2) is 0 Å². The predicted molar refractivity (Wildman–Crippen MR) is 75.3 cm³/mol. The molecule has 0 aliphatic carbocycles. The third kappa shape index (κ3) is 3.15. The number of halogens is 2. The lowest BCUT2D eigenvalue weighted by Gasteiger charge is -2.10. The van der Waals surface area contributed by atoms with Crippen molar-refractivity contribution in [2.45, 2.75) is 12.5 Å². The molecule has 1 unspecified atom stereocenters. The molecule has 0 saturated heterocycles. The molecule has 2 rings (SSSR count). The van der Waals surface area contributed by atoms with E-state index >= 15 is 0 Å². The lowest BCUT2D eigenvalue weighted by molar-refractivity contribution is -0.119. The molecule has 0 radical (unpaired) electrons. The molecule has 1 heterocycles. The monoisotopic (exact) mass is 297 g/mol. The van der Waals surface area contributed by atoms with E-state index in [1.54, 1.807) is 42.3 Å². The van der Waals surface area contributed by atoms with Crippen LogP contribution in [0, 0.1) is 0 Å². The van der Waals surface area contributed by atoms with Crippen LogP contribution in [0.1, 0.15) is 17.2 Å². The third-order valence-electron chi connectivity index (χ3n) is 2.84. The quantitative estimate of drug-likeness (QED) is 0.943. The van der Waals surface area contributed by atoms with E-state index in [1.807, 2.05) is 0 Å². The molecule has 0 spiro atoms. The minimum absolute atomic E-state index is 0.106. The molecule has 0 aliphatic rings. The SMILES string of the molecule is Cn1cc(C(N)C(=O)Cc2c(Cl)cccc2Cl)cn1. The van der Waals surface area contributed by atoms with E-state index in [0.29, 0.717) is 21.2 Å². The number of nitrogens with zero attached hydrogens (tertiary/aromatic N) is 2. The van der Waals surface area contributed by atoms with Crippen LogP contribution >= 0.6 is 23.2 Å². The summed E-state index contributed by atoms with van der Waals surface area (Å²) in [4.78, 5) is 12.1. The third-order valence-corrected chi connectivity index (χ3v) is 3.55. The summed E-state index contributed by atoms with van der Waals surface area (Å²) in [5.74, 6) is -0.150. The van der Waals surface area contributed by atoms with Crippen molar-refractivity contribution in [3.05, 3.63) is 51.8 Å². The van der Waals surface area contributed by atoms with Gasteiger partial charge in [0.25, 0.3) is 0 Å². The summed E-state index contributed by atoms with van der Waals surface area (Å²) in [6.07, 6.45) is 3.40. The van der Waals surface area contributed by atoms with Crippen LogP contribution in [0.5, 0.6) is 0 Å². The van der Waals surface area contributed by atoms with Gasteiger partial charge in [0.2, 0.25) is 0 Å². The first kappa shape index (κ1) is 14.1. The first-order valence-corrected chi connectivity index (χ1v) is 6.44. The van der Waals surface area contributed by atoms with Gasteiger partial charge in [0.1, 0.15) is 0 Å². The molecule has 6 heteroatoms. The van der Waals surface area contributed by atoms with Gasteiger partial charge in [-0.1, -0.05) is 29.3 Å². The molecule has 2 aromatic rings. The summed E-state index contributed by atoms with van der Waals surface area (Å²) in [6, 6.07) is 4.41. The Morgan fingerprint density at radius 3 is 2.58 bits per heavy atom. The van der Waals surface area contributed by atoms with Gasteiger partial charge in [-0.2, -0.15) is 5.10 Å². The van der Waals surface area contributed by atoms with Crippen molar-refractivity contribution in [1.82, 2.24) is 9.78 Å². The number of Topliss-reactive ketones (excluding diaryl/α,β-unsaturated/α-hetero) is 1. The van der Waals surface area contributed by atoms with Gasteiger partial charge in [0.15, 0.2) is 5.78 Å². The van der Waals surface area contributed by atoms with Crippen molar-refractivity contribution in [2.24, 2.45) is 12.8 Å².